The van der Waals surface area contributed by atoms with E-state index in [1.807, 2.05) is 51.1 Å². The molecule has 1 saturated carbocycles. The number of carbonyl (C=O) groups excluding carboxylic acids is 1. The Balaban J connectivity index is 1.69. The molecule has 2 aromatic carbocycles. The van der Waals surface area contributed by atoms with Crippen LogP contribution in [-0.2, 0) is 4.74 Å². The number of anilines is 2. The lowest BCUT2D eigenvalue weighted by molar-refractivity contribution is 0.00696. The molecule has 0 unspecified atom stereocenters. The number of carbonyl (C=O) groups is 1. The third-order valence-electron chi connectivity index (χ3n) is 5.49. The van der Waals surface area contributed by atoms with Crippen molar-refractivity contribution in [3.8, 4) is 11.1 Å². The topological polar surface area (TPSA) is 90.1 Å². The zero-order valence-electron chi connectivity index (χ0n) is 18.4. The molecule has 1 heterocycles. The van der Waals surface area contributed by atoms with Gasteiger partial charge in [-0.2, -0.15) is 4.98 Å². The minimum Gasteiger partial charge on any atom is -0.456 e. The molecule has 31 heavy (non-hydrogen) atoms. The quantitative estimate of drug-likeness (QED) is 0.538. The number of aromatic nitrogens is 2. The summed E-state index contributed by atoms with van der Waals surface area (Å²) in [6.45, 7) is 5.60. The highest BCUT2D eigenvalue weighted by atomic mass is 16.6. The van der Waals surface area contributed by atoms with Gasteiger partial charge in [0.05, 0.1) is 11.1 Å². The van der Waals surface area contributed by atoms with Crippen molar-refractivity contribution in [1.82, 2.24) is 9.97 Å². The summed E-state index contributed by atoms with van der Waals surface area (Å²) in [7, 11) is 0. The predicted molar refractivity (Wildman–Crippen MR) is 125 cm³/mol. The standard InChI is InChI=1S/C25H30N4O2/c1-25(2,3)31-23(30)18-9-7-8-16(14-18)17-12-13-21-20(15-17)22(29-24(26)28-21)27-19-10-5-4-6-11-19/h7-9,12-15,19H,4-6,10-11H2,1-3H3,(H3,26,27,28,29). The molecule has 1 aliphatic carbocycles. The number of nitrogens with one attached hydrogen (secondary N) is 1. The lowest BCUT2D eigenvalue weighted by atomic mass is 9.95. The number of nitrogens with two attached hydrogens (primary N) is 1. The van der Waals surface area contributed by atoms with Gasteiger partial charge in [0.15, 0.2) is 0 Å². The molecular formula is C25H30N4O2. The van der Waals surface area contributed by atoms with E-state index in [1.165, 1.54) is 19.3 Å². The number of benzene rings is 2. The van der Waals surface area contributed by atoms with E-state index in [4.69, 9.17) is 10.5 Å². The first kappa shape index (κ1) is 21.1. The maximum absolute atomic E-state index is 12.5. The van der Waals surface area contributed by atoms with E-state index < -0.39 is 5.60 Å². The van der Waals surface area contributed by atoms with Gasteiger partial charge in [0.2, 0.25) is 5.95 Å². The van der Waals surface area contributed by atoms with Crippen LogP contribution in [0, 0.1) is 0 Å². The molecule has 0 bridgehead atoms. The van der Waals surface area contributed by atoms with Crippen LogP contribution in [0.2, 0.25) is 0 Å². The van der Waals surface area contributed by atoms with Gasteiger partial charge in [0, 0.05) is 11.4 Å². The van der Waals surface area contributed by atoms with Gasteiger partial charge < -0.3 is 15.8 Å². The lowest BCUT2D eigenvalue weighted by Gasteiger charge is -2.24. The van der Waals surface area contributed by atoms with Crippen molar-refractivity contribution < 1.29 is 9.53 Å². The predicted octanol–water partition coefficient (Wildman–Crippen LogP) is 5.58. The van der Waals surface area contributed by atoms with Gasteiger partial charge in [-0.3, -0.25) is 0 Å². The smallest absolute Gasteiger partial charge is 0.338 e. The number of ether oxygens (including phenoxy) is 1. The van der Waals surface area contributed by atoms with E-state index in [0.29, 0.717) is 11.6 Å². The maximum Gasteiger partial charge on any atom is 0.338 e. The summed E-state index contributed by atoms with van der Waals surface area (Å²) in [5.74, 6) is 0.718. The van der Waals surface area contributed by atoms with Crippen LogP contribution in [0.25, 0.3) is 22.0 Å². The zero-order chi connectivity index (χ0) is 22.0. The van der Waals surface area contributed by atoms with Crippen molar-refractivity contribution >= 4 is 28.6 Å². The van der Waals surface area contributed by atoms with Gasteiger partial charge in [-0.25, -0.2) is 9.78 Å². The Morgan fingerprint density at radius 3 is 2.52 bits per heavy atom. The molecule has 4 rings (SSSR count). The Hall–Kier alpha value is -3.15. The Morgan fingerprint density at radius 2 is 1.77 bits per heavy atom. The number of esters is 1. The number of fused-ring (bicyclic) bond motifs is 1. The summed E-state index contributed by atoms with van der Waals surface area (Å²) >= 11 is 0. The van der Waals surface area contributed by atoms with Crippen molar-refractivity contribution in [2.24, 2.45) is 0 Å². The van der Waals surface area contributed by atoms with Crippen molar-refractivity contribution in [2.75, 3.05) is 11.1 Å². The van der Waals surface area contributed by atoms with Gasteiger partial charge in [0.1, 0.15) is 11.4 Å². The summed E-state index contributed by atoms with van der Waals surface area (Å²) in [6, 6.07) is 13.9. The van der Waals surface area contributed by atoms with E-state index >= 15 is 0 Å². The van der Waals surface area contributed by atoms with Gasteiger partial charge in [0.25, 0.3) is 0 Å². The summed E-state index contributed by atoms with van der Waals surface area (Å²) < 4.78 is 5.52. The molecule has 6 heteroatoms. The average Bonchev–Trinajstić information content (AvgIpc) is 2.73. The third-order valence-corrected chi connectivity index (χ3v) is 5.49. The second kappa shape index (κ2) is 8.53. The van der Waals surface area contributed by atoms with Crippen molar-refractivity contribution in [3.05, 3.63) is 48.0 Å². The molecule has 1 aromatic heterocycles. The molecule has 1 aliphatic rings. The Morgan fingerprint density at radius 1 is 1.03 bits per heavy atom. The third kappa shape index (κ3) is 5.13. The van der Waals surface area contributed by atoms with Crippen LogP contribution in [0.1, 0.15) is 63.2 Å². The lowest BCUT2D eigenvalue weighted by Crippen LogP contribution is -2.23. The van der Waals surface area contributed by atoms with Crippen LogP contribution < -0.4 is 11.1 Å². The average molecular weight is 419 g/mol. The fourth-order valence-corrected chi connectivity index (χ4v) is 4.04. The summed E-state index contributed by atoms with van der Waals surface area (Å²) in [4.78, 5) is 21.4. The molecular weight excluding hydrogens is 388 g/mol. The summed E-state index contributed by atoms with van der Waals surface area (Å²) in [5.41, 5.74) is 8.69. The second-order valence-corrected chi connectivity index (χ2v) is 9.22. The van der Waals surface area contributed by atoms with Crippen LogP contribution >= 0.6 is 0 Å². The Labute approximate surface area is 183 Å². The number of hydrogen-bond donors (Lipinski definition) is 2. The number of nitrogen functional groups attached to an aromatic ring is 1. The number of rotatable bonds is 4. The molecule has 0 radical (unpaired) electrons. The van der Waals surface area contributed by atoms with Crippen molar-refractivity contribution in [2.45, 2.75) is 64.5 Å². The van der Waals surface area contributed by atoms with E-state index in [1.54, 1.807) is 6.07 Å². The van der Waals surface area contributed by atoms with Gasteiger partial charge in [-0.1, -0.05) is 37.5 Å². The molecule has 0 aliphatic heterocycles. The summed E-state index contributed by atoms with van der Waals surface area (Å²) in [5, 5.41) is 4.52. The molecule has 162 valence electrons. The zero-order valence-corrected chi connectivity index (χ0v) is 18.4. The second-order valence-electron chi connectivity index (χ2n) is 9.22. The molecule has 3 aromatic rings. The number of nitrogens with zero attached hydrogens (tertiary/aromatic N) is 2. The molecule has 0 saturated heterocycles. The van der Waals surface area contributed by atoms with Gasteiger partial charge >= 0.3 is 5.97 Å². The van der Waals surface area contributed by atoms with Crippen LogP contribution in [0.3, 0.4) is 0 Å². The monoisotopic (exact) mass is 418 g/mol. The SMILES string of the molecule is CC(C)(C)OC(=O)c1cccc(-c2ccc3nc(N)nc(NC4CCCCC4)c3c2)c1. The molecule has 3 N–H and O–H groups in total. The first-order chi connectivity index (χ1) is 14.8. The van der Waals surface area contributed by atoms with Crippen LogP contribution in [0.5, 0.6) is 0 Å². The van der Waals surface area contributed by atoms with Crippen LogP contribution in [0.15, 0.2) is 42.5 Å². The summed E-state index contributed by atoms with van der Waals surface area (Å²) in [6.07, 6.45) is 6.05. The molecule has 0 amide bonds. The van der Waals surface area contributed by atoms with E-state index in [0.717, 1.165) is 40.7 Å². The fourth-order valence-electron chi connectivity index (χ4n) is 4.04. The minimum atomic E-state index is -0.535. The first-order valence-electron chi connectivity index (χ1n) is 11.0. The van der Waals surface area contributed by atoms with E-state index in [-0.39, 0.29) is 11.9 Å². The van der Waals surface area contributed by atoms with Crippen molar-refractivity contribution in [3.63, 3.8) is 0 Å². The van der Waals surface area contributed by atoms with Gasteiger partial charge in [-0.15, -0.1) is 0 Å². The highest BCUT2D eigenvalue weighted by molar-refractivity contribution is 5.95. The van der Waals surface area contributed by atoms with Gasteiger partial charge in [-0.05, 0) is 69.0 Å². The Bertz CT molecular complexity index is 1100. The number of hydrogen-bond acceptors (Lipinski definition) is 6. The van der Waals surface area contributed by atoms with Crippen LogP contribution in [-0.4, -0.2) is 27.6 Å². The molecule has 0 spiro atoms. The normalized spacial score (nSPS) is 15.1. The van der Waals surface area contributed by atoms with E-state index in [9.17, 15) is 4.79 Å². The highest BCUT2D eigenvalue weighted by Crippen LogP contribution is 2.30. The maximum atomic E-state index is 12.5. The minimum absolute atomic E-state index is 0.269. The van der Waals surface area contributed by atoms with E-state index in [2.05, 4.69) is 21.4 Å². The molecule has 1 fully saturated rings. The largest absolute Gasteiger partial charge is 0.456 e. The highest BCUT2D eigenvalue weighted by Gasteiger charge is 2.19. The fraction of sp³-hybridized carbons (Fsp3) is 0.400. The van der Waals surface area contributed by atoms with Crippen molar-refractivity contribution in [1.29, 1.82) is 0 Å². The van der Waals surface area contributed by atoms with Crippen LogP contribution in [0.4, 0.5) is 11.8 Å². The molecule has 6 nitrogen and oxygen atoms in total. The Kier molecular flexibility index (Phi) is 5.81. The first-order valence-corrected chi connectivity index (χ1v) is 11.0. The molecule has 0 atom stereocenters.